The van der Waals surface area contributed by atoms with Crippen LogP contribution in [0.2, 0.25) is 5.02 Å². The number of sulfone groups is 1. The van der Waals surface area contributed by atoms with Gasteiger partial charge >= 0.3 is 0 Å². The van der Waals surface area contributed by atoms with E-state index in [9.17, 15) is 12.8 Å². The highest BCUT2D eigenvalue weighted by Gasteiger charge is 2.29. The lowest BCUT2D eigenvalue weighted by Crippen LogP contribution is -2.42. The maximum absolute atomic E-state index is 13.7. The van der Waals surface area contributed by atoms with Gasteiger partial charge in [-0.1, -0.05) is 11.6 Å². The van der Waals surface area contributed by atoms with Gasteiger partial charge in [-0.2, -0.15) is 0 Å². The fourth-order valence-corrected chi connectivity index (χ4v) is 3.51. The highest BCUT2D eigenvalue weighted by atomic mass is 35.5. The van der Waals surface area contributed by atoms with Gasteiger partial charge in [-0.15, -0.1) is 0 Å². The topological polar surface area (TPSA) is 50.3 Å². The van der Waals surface area contributed by atoms with Crippen LogP contribution in [0.3, 0.4) is 0 Å². The zero-order valence-corrected chi connectivity index (χ0v) is 11.5. The lowest BCUT2D eigenvalue weighted by molar-refractivity contribution is 0.527. The number of halogens is 2. The summed E-state index contributed by atoms with van der Waals surface area (Å²) in [4.78, 5) is 5.34. The molecule has 1 fully saturated rings. The highest BCUT2D eigenvalue weighted by Crippen LogP contribution is 2.31. The molecular weight excluding hydrogens is 279 g/mol. The van der Waals surface area contributed by atoms with Gasteiger partial charge in [0.2, 0.25) is 0 Å². The summed E-state index contributed by atoms with van der Waals surface area (Å²) in [5.41, 5.74) is 0.250. The van der Waals surface area contributed by atoms with Gasteiger partial charge in [-0.05, 0) is 12.8 Å². The average molecular weight is 293 g/mol. The predicted molar refractivity (Wildman–Crippen MR) is 69.3 cm³/mol. The first kappa shape index (κ1) is 13.5. The number of hydrogen-bond donors (Lipinski definition) is 0. The predicted octanol–water partition coefficient (Wildman–Crippen LogP) is 1.89. The van der Waals surface area contributed by atoms with E-state index in [1.807, 2.05) is 0 Å². The minimum absolute atomic E-state index is 0.212. The van der Waals surface area contributed by atoms with Crippen LogP contribution in [0.1, 0.15) is 12.8 Å². The van der Waals surface area contributed by atoms with Crippen molar-refractivity contribution in [2.75, 3.05) is 24.2 Å². The number of nitrogens with zero attached hydrogens (tertiary/aromatic N) is 2. The van der Waals surface area contributed by atoms with Gasteiger partial charge in [0.1, 0.15) is 0 Å². The fourth-order valence-electron chi connectivity index (χ4n) is 2.20. The van der Waals surface area contributed by atoms with Crippen LogP contribution < -0.4 is 4.90 Å². The molecule has 0 amide bonds. The summed E-state index contributed by atoms with van der Waals surface area (Å²) in [6.45, 7) is 0.881. The van der Waals surface area contributed by atoms with Gasteiger partial charge in [0.15, 0.2) is 15.7 Å². The van der Waals surface area contributed by atoms with Crippen LogP contribution in [-0.4, -0.2) is 38.0 Å². The molecule has 2 rings (SSSR count). The van der Waals surface area contributed by atoms with E-state index in [0.29, 0.717) is 19.4 Å². The van der Waals surface area contributed by atoms with Crippen LogP contribution in [0.5, 0.6) is 0 Å². The van der Waals surface area contributed by atoms with Crippen LogP contribution in [0, 0.1) is 5.82 Å². The van der Waals surface area contributed by atoms with E-state index in [0.717, 1.165) is 6.20 Å². The van der Waals surface area contributed by atoms with E-state index in [2.05, 4.69) is 4.98 Å². The molecule has 0 radical (unpaired) electrons. The Hall–Kier alpha value is -0.880. The number of rotatable bonds is 2. The summed E-state index contributed by atoms with van der Waals surface area (Å²) in [6.07, 6.45) is 4.98. The monoisotopic (exact) mass is 292 g/mol. The van der Waals surface area contributed by atoms with Crippen molar-refractivity contribution in [1.29, 1.82) is 0 Å². The van der Waals surface area contributed by atoms with Crippen molar-refractivity contribution in [2.24, 2.45) is 0 Å². The number of hydrogen-bond acceptors (Lipinski definition) is 4. The molecule has 0 spiro atoms. The molecular formula is C11H14ClFN2O2S. The first-order chi connectivity index (χ1) is 8.39. The standard InChI is InChI=1S/C11H14ClFN2O2S/c1-18(16,17)8-3-2-4-15(7-8)11-9(12)5-14-6-10(11)13/h5-6,8H,2-4,7H2,1H3. The number of piperidine rings is 1. The third kappa shape index (κ3) is 2.75. The molecule has 1 aromatic heterocycles. The lowest BCUT2D eigenvalue weighted by atomic mass is 10.1. The quantitative estimate of drug-likeness (QED) is 0.835. The van der Waals surface area contributed by atoms with Crippen LogP contribution in [0.15, 0.2) is 12.4 Å². The first-order valence-electron chi connectivity index (χ1n) is 5.62. The van der Waals surface area contributed by atoms with Gasteiger partial charge in [-0.3, -0.25) is 4.98 Å². The fraction of sp³-hybridized carbons (Fsp3) is 0.545. The molecule has 1 atom stereocenters. The molecule has 100 valence electrons. The lowest BCUT2D eigenvalue weighted by Gasteiger charge is -2.33. The summed E-state index contributed by atoms with van der Waals surface area (Å²) in [5, 5.41) is -0.251. The summed E-state index contributed by atoms with van der Waals surface area (Å²) < 4.78 is 36.9. The highest BCUT2D eigenvalue weighted by molar-refractivity contribution is 7.91. The van der Waals surface area contributed by atoms with Crippen LogP contribution in [0.25, 0.3) is 0 Å². The summed E-state index contributed by atoms with van der Waals surface area (Å²) in [6, 6.07) is 0. The van der Waals surface area contributed by atoms with Crippen molar-refractivity contribution >= 4 is 27.1 Å². The Labute approximate surface area is 111 Å². The summed E-state index contributed by atoms with van der Waals surface area (Å²) in [7, 11) is -3.12. The maximum atomic E-state index is 13.7. The number of aromatic nitrogens is 1. The van der Waals surface area contributed by atoms with Gasteiger partial charge in [0, 0.05) is 25.5 Å². The second kappa shape index (κ2) is 5.01. The Bertz CT molecular complexity index is 530. The minimum Gasteiger partial charge on any atom is -0.367 e. The molecule has 1 saturated heterocycles. The van der Waals surface area contributed by atoms with E-state index in [1.54, 1.807) is 4.90 Å². The van der Waals surface area contributed by atoms with Crippen molar-refractivity contribution in [3.63, 3.8) is 0 Å². The second-order valence-corrected chi connectivity index (χ2v) is 7.22. The van der Waals surface area contributed by atoms with E-state index in [-0.39, 0.29) is 17.3 Å². The van der Waals surface area contributed by atoms with Crippen molar-refractivity contribution in [2.45, 2.75) is 18.1 Å². The molecule has 7 heteroatoms. The Morgan fingerprint density at radius 2 is 2.22 bits per heavy atom. The second-order valence-electron chi connectivity index (χ2n) is 4.49. The number of pyridine rings is 1. The molecule has 0 aliphatic carbocycles. The molecule has 2 heterocycles. The third-order valence-electron chi connectivity index (χ3n) is 3.13. The summed E-state index contributed by atoms with van der Waals surface area (Å²) >= 11 is 5.93. The maximum Gasteiger partial charge on any atom is 0.166 e. The number of anilines is 1. The molecule has 0 bridgehead atoms. The summed E-state index contributed by atoms with van der Waals surface area (Å²) in [5.74, 6) is -0.517. The van der Waals surface area contributed by atoms with E-state index in [1.165, 1.54) is 12.5 Å². The molecule has 1 aliphatic heterocycles. The molecule has 1 aromatic rings. The zero-order chi connectivity index (χ0) is 13.3. The Kier molecular flexibility index (Phi) is 3.77. The van der Waals surface area contributed by atoms with Gasteiger partial charge < -0.3 is 4.90 Å². The molecule has 0 saturated carbocycles. The Balaban J connectivity index is 2.29. The van der Waals surface area contributed by atoms with Crippen LogP contribution in [-0.2, 0) is 9.84 Å². The molecule has 0 aromatic carbocycles. The van der Waals surface area contributed by atoms with Crippen molar-refractivity contribution in [3.05, 3.63) is 23.2 Å². The first-order valence-corrected chi connectivity index (χ1v) is 7.95. The smallest absolute Gasteiger partial charge is 0.166 e. The zero-order valence-electron chi connectivity index (χ0n) is 9.94. The molecule has 18 heavy (non-hydrogen) atoms. The van der Waals surface area contributed by atoms with Crippen LogP contribution >= 0.6 is 11.6 Å². The van der Waals surface area contributed by atoms with Gasteiger partial charge in [0.25, 0.3) is 0 Å². The van der Waals surface area contributed by atoms with Crippen molar-refractivity contribution < 1.29 is 12.8 Å². The van der Waals surface area contributed by atoms with E-state index >= 15 is 0 Å². The minimum atomic E-state index is -3.12. The average Bonchev–Trinajstić information content (AvgIpc) is 2.28. The van der Waals surface area contributed by atoms with Crippen LogP contribution in [0.4, 0.5) is 10.1 Å². The Morgan fingerprint density at radius 3 is 2.83 bits per heavy atom. The third-order valence-corrected chi connectivity index (χ3v) is 5.00. The van der Waals surface area contributed by atoms with Gasteiger partial charge in [-0.25, -0.2) is 12.8 Å². The Morgan fingerprint density at radius 1 is 1.50 bits per heavy atom. The molecule has 4 nitrogen and oxygen atoms in total. The molecule has 1 unspecified atom stereocenters. The SMILES string of the molecule is CS(=O)(=O)C1CCCN(c2c(F)cncc2Cl)C1. The normalized spacial score (nSPS) is 21.1. The molecule has 1 aliphatic rings. The van der Waals surface area contributed by atoms with Crippen molar-refractivity contribution in [1.82, 2.24) is 4.98 Å². The van der Waals surface area contributed by atoms with E-state index in [4.69, 9.17) is 11.6 Å². The molecule has 0 N–H and O–H groups in total. The van der Waals surface area contributed by atoms with Crippen molar-refractivity contribution in [3.8, 4) is 0 Å². The largest absolute Gasteiger partial charge is 0.367 e. The van der Waals surface area contributed by atoms with E-state index < -0.39 is 20.9 Å². The van der Waals surface area contributed by atoms with Gasteiger partial charge in [0.05, 0.1) is 22.2 Å².